The van der Waals surface area contributed by atoms with Gasteiger partial charge in [-0.25, -0.2) is 10.9 Å². The van der Waals surface area contributed by atoms with E-state index in [1.165, 1.54) is 44.6 Å². The first-order valence-corrected chi connectivity index (χ1v) is 11.1. The summed E-state index contributed by atoms with van der Waals surface area (Å²) in [6.45, 7) is 10.6. The largest absolute Gasteiger partial charge is 0.315 e. The van der Waals surface area contributed by atoms with Gasteiger partial charge in [0.1, 0.15) is 0 Å². The predicted octanol–water partition coefficient (Wildman–Crippen LogP) is 2.77. The van der Waals surface area contributed by atoms with Crippen molar-refractivity contribution in [2.24, 2.45) is 0 Å². The van der Waals surface area contributed by atoms with Crippen LogP contribution in [0, 0.1) is 0 Å². The first-order chi connectivity index (χ1) is 9.90. The average molecular weight is 318 g/mol. The van der Waals surface area contributed by atoms with Gasteiger partial charge in [-0.15, -0.1) is 0 Å². The fourth-order valence-corrected chi connectivity index (χ4v) is 4.30. The maximum atomic E-state index is 3.52. The Hall–Kier alpha value is 0.230. The summed E-state index contributed by atoms with van der Waals surface area (Å²) < 4.78 is 0. The van der Waals surface area contributed by atoms with Crippen molar-refractivity contribution < 1.29 is 0 Å². The summed E-state index contributed by atoms with van der Waals surface area (Å²) in [5.41, 5.74) is 0. The standard InChI is InChI=1S/C17H39N3S/c1-15(2)18-11-7-8-16(3)19(4)17-9-12-20(13-10-17)14-21(5)6/h15-18,21H,7-14H2,1-6H3. The van der Waals surface area contributed by atoms with E-state index in [1.54, 1.807) is 0 Å². The minimum Gasteiger partial charge on any atom is -0.315 e. The second-order valence-corrected chi connectivity index (χ2v) is 9.78. The molecule has 1 saturated heterocycles. The molecule has 0 bridgehead atoms. The lowest BCUT2D eigenvalue weighted by atomic mass is 10.0. The molecule has 21 heavy (non-hydrogen) atoms. The number of hydrogen-bond acceptors (Lipinski definition) is 3. The van der Waals surface area contributed by atoms with Crippen LogP contribution in [0.3, 0.4) is 0 Å². The van der Waals surface area contributed by atoms with Crippen molar-refractivity contribution in [2.45, 2.75) is 64.6 Å². The maximum Gasteiger partial charge on any atom is 0.0261 e. The van der Waals surface area contributed by atoms with Gasteiger partial charge in [-0.1, -0.05) is 13.8 Å². The van der Waals surface area contributed by atoms with Crippen LogP contribution in [0.25, 0.3) is 0 Å². The molecule has 128 valence electrons. The predicted molar refractivity (Wildman–Crippen MR) is 99.9 cm³/mol. The molecule has 1 aliphatic heterocycles. The highest BCUT2D eigenvalue weighted by Gasteiger charge is 2.24. The van der Waals surface area contributed by atoms with Crippen molar-refractivity contribution in [3.63, 3.8) is 0 Å². The second kappa shape index (κ2) is 10.1. The van der Waals surface area contributed by atoms with Crippen LogP contribution in [0.4, 0.5) is 0 Å². The van der Waals surface area contributed by atoms with Crippen LogP contribution in [0.5, 0.6) is 0 Å². The monoisotopic (exact) mass is 317 g/mol. The molecule has 1 rings (SSSR count). The van der Waals surface area contributed by atoms with Crippen molar-refractivity contribution in [3.05, 3.63) is 0 Å². The first kappa shape index (κ1) is 19.3. The molecular formula is C17H39N3S. The lowest BCUT2D eigenvalue weighted by molar-refractivity contribution is 0.106. The third-order valence-corrected chi connectivity index (χ3v) is 5.63. The van der Waals surface area contributed by atoms with Crippen LogP contribution >= 0.6 is 10.9 Å². The summed E-state index contributed by atoms with van der Waals surface area (Å²) in [6, 6.07) is 2.13. The number of nitrogens with zero attached hydrogens (tertiary/aromatic N) is 2. The van der Waals surface area contributed by atoms with E-state index in [4.69, 9.17) is 0 Å². The minimum atomic E-state index is 0.224. The topological polar surface area (TPSA) is 18.5 Å². The van der Waals surface area contributed by atoms with E-state index >= 15 is 0 Å². The van der Waals surface area contributed by atoms with E-state index in [1.807, 2.05) is 0 Å². The van der Waals surface area contributed by atoms with Crippen LogP contribution in [0.15, 0.2) is 0 Å². The van der Waals surface area contributed by atoms with Gasteiger partial charge in [-0.05, 0) is 58.7 Å². The summed E-state index contributed by atoms with van der Waals surface area (Å²) in [5, 5.41) is 3.52. The van der Waals surface area contributed by atoms with Gasteiger partial charge in [0.05, 0.1) is 0 Å². The molecule has 0 spiro atoms. The summed E-state index contributed by atoms with van der Waals surface area (Å²) in [5.74, 6) is 1.34. The second-order valence-electron chi connectivity index (χ2n) is 7.34. The van der Waals surface area contributed by atoms with Crippen molar-refractivity contribution in [1.82, 2.24) is 15.1 Å². The highest BCUT2D eigenvalue weighted by Crippen LogP contribution is 2.23. The molecule has 1 unspecified atom stereocenters. The number of piperidine rings is 1. The summed E-state index contributed by atoms with van der Waals surface area (Å²) in [7, 11) is 2.57. The SMILES string of the molecule is CC(C)NCCCC(C)N(C)C1CCN(C[SH](C)C)CC1. The third kappa shape index (κ3) is 7.87. The average Bonchev–Trinajstić information content (AvgIpc) is 2.42. The van der Waals surface area contributed by atoms with E-state index in [0.29, 0.717) is 12.1 Å². The van der Waals surface area contributed by atoms with Crippen molar-refractivity contribution in [1.29, 1.82) is 0 Å². The Bertz CT molecular complexity index is 263. The van der Waals surface area contributed by atoms with Crippen LogP contribution in [-0.4, -0.2) is 73.0 Å². The van der Waals surface area contributed by atoms with Crippen LogP contribution in [0.1, 0.15) is 46.5 Å². The van der Waals surface area contributed by atoms with E-state index in [9.17, 15) is 0 Å². The Morgan fingerprint density at radius 3 is 2.33 bits per heavy atom. The van der Waals surface area contributed by atoms with Crippen molar-refractivity contribution in [3.8, 4) is 0 Å². The molecule has 1 atom stereocenters. The molecule has 3 nitrogen and oxygen atoms in total. The molecule has 4 heteroatoms. The molecule has 0 aromatic heterocycles. The van der Waals surface area contributed by atoms with Gasteiger partial charge < -0.3 is 10.2 Å². The third-order valence-electron chi connectivity index (χ3n) is 4.66. The molecule has 1 fully saturated rings. The van der Waals surface area contributed by atoms with E-state index in [-0.39, 0.29) is 10.9 Å². The lowest BCUT2D eigenvalue weighted by Crippen LogP contribution is -2.46. The van der Waals surface area contributed by atoms with E-state index < -0.39 is 0 Å². The van der Waals surface area contributed by atoms with Crippen molar-refractivity contribution >= 4 is 10.9 Å². The first-order valence-electron chi connectivity index (χ1n) is 8.72. The molecule has 1 aliphatic rings. The number of rotatable bonds is 9. The van der Waals surface area contributed by atoms with Gasteiger partial charge in [-0.2, -0.15) is 0 Å². The molecule has 0 aromatic carbocycles. The normalized spacial score (nSPS) is 20.3. The zero-order valence-electron chi connectivity index (χ0n) is 15.2. The molecule has 0 radical (unpaired) electrons. The number of thiol groups is 1. The van der Waals surface area contributed by atoms with Crippen LogP contribution in [-0.2, 0) is 0 Å². The number of hydrogen-bond donors (Lipinski definition) is 2. The molecule has 0 saturated carbocycles. The number of nitrogens with one attached hydrogen (secondary N) is 1. The fraction of sp³-hybridized carbons (Fsp3) is 1.00. The van der Waals surface area contributed by atoms with Crippen LogP contribution in [0.2, 0.25) is 0 Å². The summed E-state index contributed by atoms with van der Waals surface area (Å²) in [6.07, 6.45) is 10.1. The lowest BCUT2D eigenvalue weighted by Gasteiger charge is -2.40. The van der Waals surface area contributed by atoms with E-state index in [0.717, 1.165) is 12.6 Å². The highest BCUT2D eigenvalue weighted by atomic mass is 32.2. The highest BCUT2D eigenvalue weighted by molar-refractivity contribution is 8.15. The van der Waals surface area contributed by atoms with Gasteiger partial charge in [0.2, 0.25) is 0 Å². The van der Waals surface area contributed by atoms with Gasteiger partial charge in [-0.3, -0.25) is 4.90 Å². The van der Waals surface area contributed by atoms with Gasteiger partial charge in [0, 0.05) is 37.1 Å². The zero-order valence-corrected chi connectivity index (χ0v) is 16.1. The maximum absolute atomic E-state index is 3.52. The van der Waals surface area contributed by atoms with E-state index in [2.05, 4.69) is 55.4 Å². The quantitative estimate of drug-likeness (QED) is 0.504. The molecule has 1 N–H and O–H groups in total. The molecule has 0 aliphatic carbocycles. The molecule has 0 aromatic rings. The van der Waals surface area contributed by atoms with Crippen molar-refractivity contribution in [2.75, 3.05) is 45.1 Å². The fourth-order valence-electron chi connectivity index (χ4n) is 3.22. The van der Waals surface area contributed by atoms with Gasteiger partial charge >= 0.3 is 0 Å². The summed E-state index contributed by atoms with van der Waals surface area (Å²) >= 11 is 0. The Balaban J connectivity index is 2.21. The summed E-state index contributed by atoms with van der Waals surface area (Å²) in [4.78, 5) is 5.32. The van der Waals surface area contributed by atoms with Gasteiger partial charge in [0.15, 0.2) is 0 Å². The van der Waals surface area contributed by atoms with Crippen LogP contribution < -0.4 is 5.32 Å². The smallest absolute Gasteiger partial charge is 0.0261 e. The molecule has 1 heterocycles. The zero-order chi connectivity index (χ0) is 15.8. The Kier molecular flexibility index (Phi) is 9.26. The van der Waals surface area contributed by atoms with Gasteiger partial charge in [0.25, 0.3) is 0 Å². The Labute approximate surface area is 136 Å². The minimum absolute atomic E-state index is 0.224. The Morgan fingerprint density at radius 1 is 1.19 bits per heavy atom. The molecular weight excluding hydrogens is 278 g/mol. The number of likely N-dealkylation sites (tertiary alicyclic amines) is 1. The Morgan fingerprint density at radius 2 is 1.81 bits per heavy atom. The molecule has 0 amide bonds.